The summed E-state index contributed by atoms with van der Waals surface area (Å²) in [5.74, 6) is 0. The molecule has 0 bridgehead atoms. The average Bonchev–Trinajstić information content (AvgIpc) is 3.05. The van der Waals surface area contributed by atoms with Gasteiger partial charge in [0.2, 0.25) is 0 Å². The molecule has 7 aromatic carbocycles. The third-order valence-corrected chi connectivity index (χ3v) is 8.99. The first-order valence-corrected chi connectivity index (χ1v) is 15.0. The minimum atomic E-state index is 0.953. The molecule has 7 rings (SSSR count). The Balaban J connectivity index is 1.64. The Morgan fingerprint density at radius 2 is 0.810 bits per heavy atom. The van der Waals surface area contributed by atoms with Gasteiger partial charge in [-0.15, -0.1) is 0 Å². The van der Waals surface area contributed by atoms with E-state index in [-0.39, 0.29) is 0 Å². The van der Waals surface area contributed by atoms with Crippen LogP contribution in [0.4, 0.5) is 11.4 Å². The molecule has 0 heterocycles. The summed E-state index contributed by atoms with van der Waals surface area (Å²) in [5, 5.41) is 10.2. The predicted molar refractivity (Wildman–Crippen MR) is 185 cm³/mol. The van der Waals surface area contributed by atoms with Gasteiger partial charge in [0.1, 0.15) is 0 Å². The van der Waals surface area contributed by atoms with Crippen LogP contribution in [0.15, 0.2) is 121 Å². The minimum Gasteiger partial charge on any atom is -0.375 e. The van der Waals surface area contributed by atoms with Crippen LogP contribution in [-0.2, 0) is 0 Å². The molecule has 0 aliphatic carbocycles. The van der Waals surface area contributed by atoms with E-state index in [2.05, 4.69) is 159 Å². The Kier molecular flexibility index (Phi) is 6.55. The summed E-state index contributed by atoms with van der Waals surface area (Å²) in [6, 6.07) is 45.2. The van der Waals surface area contributed by atoms with E-state index >= 15 is 0 Å². The molecule has 0 spiro atoms. The second-order valence-corrected chi connectivity index (χ2v) is 11.4. The first-order valence-electron chi connectivity index (χ1n) is 15.0. The van der Waals surface area contributed by atoms with Crippen LogP contribution in [0, 0.1) is 0 Å². The molecule has 206 valence electrons. The van der Waals surface area contributed by atoms with Crippen molar-refractivity contribution >= 4 is 54.5 Å². The Hall–Kier alpha value is -4.82. The number of anilines is 2. The Labute approximate surface area is 248 Å². The fourth-order valence-corrected chi connectivity index (χ4v) is 6.36. The zero-order valence-electron chi connectivity index (χ0n) is 24.9. The minimum absolute atomic E-state index is 0.953. The summed E-state index contributed by atoms with van der Waals surface area (Å²) < 4.78 is 0. The van der Waals surface area contributed by atoms with Crippen molar-refractivity contribution in [2.24, 2.45) is 0 Å². The van der Waals surface area contributed by atoms with Crippen molar-refractivity contribution in [1.29, 1.82) is 0 Å². The van der Waals surface area contributed by atoms with Crippen LogP contribution in [0.5, 0.6) is 0 Å². The van der Waals surface area contributed by atoms with Crippen LogP contribution in [0.2, 0.25) is 0 Å². The summed E-state index contributed by atoms with van der Waals surface area (Å²) in [6.07, 6.45) is 0. The van der Waals surface area contributed by atoms with E-state index in [1.165, 1.54) is 76.7 Å². The molecule has 0 fully saturated rings. The lowest BCUT2D eigenvalue weighted by Gasteiger charge is -2.23. The van der Waals surface area contributed by atoms with Gasteiger partial charge < -0.3 is 9.80 Å². The summed E-state index contributed by atoms with van der Waals surface area (Å²) in [7, 11) is 4.35. The van der Waals surface area contributed by atoms with Crippen molar-refractivity contribution in [2.75, 3.05) is 37.0 Å². The van der Waals surface area contributed by atoms with Crippen LogP contribution in [0.25, 0.3) is 65.3 Å². The zero-order chi connectivity index (χ0) is 28.8. The van der Waals surface area contributed by atoms with E-state index in [1.54, 1.807) is 0 Å². The normalized spacial score (nSPS) is 11.5. The number of rotatable bonds is 6. The topological polar surface area (TPSA) is 6.48 Å². The summed E-state index contributed by atoms with van der Waals surface area (Å²) in [6.45, 7) is 6.32. The Morgan fingerprint density at radius 1 is 0.405 bits per heavy atom. The molecular weight excluding hydrogens is 508 g/mol. The molecule has 2 nitrogen and oxygen atoms in total. The van der Waals surface area contributed by atoms with Gasteiger partial charge in [-0.25, -0.2) is 0 Å². The molecule has 0 amide bonds. The van der Waals surface area contributed by atoms with E-state index < -0.39 is 0 Å². The molecule has 2 heteroatoms. The van der Waals surface area contributed by atoms with Gasteiger partial charge in [0.25, 0.3) is 0 Å². The first-order chi connectivity index (χ1) is 20.6. The van der Waals surface area contributed by atoms with Gasteiger partial charge in [-0.2, -0.15) is 0 Å². The standard InChI is InChI=1S/C40H36N2/c1-5-41(3)33-19-21-35-37(25-33)39(31-17-15-27-11-7-9-13-29(27)23-31)36-22-20-34(42(4)6-2)26-38(36)40(35)32-18-16-28-12-8-10-14-30(28)24-32/h7-26H,5-6H2,1-4H3. The van der Waals surface area contributed by atoms with Crippen molar-refractivity contribution in [1.82, 2.24) is 0 Å². The highest BCUT2D eigenvalue weighted by molar-refractivity contribution is 6.23. The first kappa shape index (κ1) is 26.1. The Bertz CT molecular complexity index is 1950. The van der Waals surface area contributed by atoms with Gasteiger partial charge in [0.05, 0.1) is 0 Å². The Morgan fingerprint density at radius 3 is 1.21 bits per heavy atom. The highest BCUT2D eigenvalue weighted by Crippen LogP contribution is 2.46. The number of benzene rings is 7. The smallest absolute Gasteiger partial charge is 0.0370 e. The van der Waals surface area contributed by atoms with E-state index in [4.69, 9.17) is 0 Å². The van der Waals surface area contributed by atoms with E-state index in [0.29, 0.717) is 0 Å². The summed E-state index contributed by atoms with van der Waals surface area (Å²) >= 11 is 0. The monoisotopic (exact) mass is 544 g/mol. The molecular formula is C40H36N2. The predicted octanol–water partition coefficient (Wildman–Crippen LogP) is 10.5. The molecule has 0 atom stereocenters. The van der Waals surface area contributed by atoms with Gasteiger partial charge in [-0.05, 0) is 116 Å². The highest BCUT2D eigenvalue weighted by atomic mass is 15.1. The molecule has 0 N–H and O–H groups in total. The lowest BCUT2D eigenvalue weighted by molar-refractivity contribution is 0.969. The van der Waals surface area contributed by atoms with Gasteiger partial charge in [-0.3, -0.25) is 0 Å². The molecule has 0 saturated carbocycles. The van der Waals surface area contributed by atoms with Crippen LogP contribution < -0.4 is 9.80 Å². The van der Waals surface area contributed by atoms with Crippen molar-refractivity contribution < 1.29 is 0 Å². The molecule has 0 aliphatic heterocycles. The number of nitrogens with zero attached hydrogens (tertiary/aromatic N) is 2. The van der Waals surface area contributed by atoms with Crippen LogP contribution in [0.3, 0.4) is 0 Å². The quantitative estimate of drug-likeness (QED) is 0.192. The van der Waals surface area contributed by atoms with Crippen molar-refractivity contribution in [2.45, 2.75) is 13.8 Å². The second kappa shape index (κ2) is 10.5. The zero-order valence-corrected chi connectivity index (χ0v) is 24.9. The maximum Gasteiger partial charge on any atom is 0.0370 e. The molecule has 0 unspecified atom stereocenters. The van der Waals surface area contributed by atoms with Gasteiger partial charge in [-0.1, -0.05) is 84.9 Å². The lowest BCUT2D eigenvalue weighted by Crippen LogP contribution is -2.15. The van der Waals surface area contributed by atoms with E-state index in [0.717, 1.165) is 13.1 Å². The second-order valence-electron chi connectivity index (χ2n) is 11.4. The number of hydrogen-bond donors (Lipinski definition) is 0. The van der Waals surface area contributed by atoms with Crippen LogP contribution in [-0.4, -0.2) is 27.2 Å². The average molecular weight is 545 g/mol. The van der Waals surface area contributed by atoms with Gasteiger partial charge in [0.15, 0.2) is 0 Å². The highest BCUT2D eigenvalue weighted by Gasteiger charge is 2.19. The summed E-state index contributed by atoms with van der Waals surface area (Å²) in [4.78, 5) is 4.64. The van der Waals surface area contributed by atoms with Gasteiger partial charge >= 0.3 is 0 Å². The van der Waals surface area contributed by atoms with E-state index in [9.17, 15) is 0 Å². The molecule has 0 aromatic heterocycles. The summed E-state index contributed by atoms with van der Waals surface area (Å²) in [5.41, 5.74) is 7.57. The SMILES string of the molecule is CCN(C)c1ccc2c(-c3ccc4ccccc4c3)c3cc(N(C)CC)ccc3c(-c3ccc4ccccc4c3)c2c1. The number of fused-ring (bicyclic) bond motifs is 4. The lowest BCUT2D eigenvalue weighted by atomic mass is 9.84. The third-order valence-electron chi connectivity index (χ3n) is 8.99. The van der Waals surface area contributed by atoms with Crippen molar-refractivity contribution in [3.8, 4) is 22.3 Å². The van der Waals surface area contributed by atoms with E-state index in [1.807, 2.05) is 0 Å². The fraction of sp³-hybridized carbons (Fsp3) is 0.150. The van der Waals surface area contributed by atoms with Crippen molar-refractivity contribution in [3.05, 3.63) is 121 Å². The van der Waals surface area contributed by atoms with Crippen molar-refractivity contribution in [3.63, 3.8) is 0 Å². The van der Waals surface area contributed by atoms with Crippen LogP contribution in [0.1, 0.15) is 13.8 Å². The number of hydrogen-bond acceptors (Lipinski definition) is 2. The molecule has 0 saturated heterocycles. The molecule has 42 heavy (non-hydrogen) atoms. The fourth-order valence-electron chi connectivity index (χ4n) is 6.36. The maximum absolute atomic E-state index is 2.40. The van der Waals surface area contributed by atoms with Gasteiger partial charge in [0, 0.05) is 38.6 Å². The third kappa shape index (κ3) is 4.35. The molecule has 0 radical (unpaired) electrons. The largest absolute Gasteiger partial charge is 0.375 e. The molecule has 7 aromatic rings. The molecule has 0 aliphatic rings. The van der Waals surface area contributed by atoms with Crippen LogP contribution >= 0.6 is 0 Å². The maximum atomic E-state index is 2.40.